The Kier molecular flexibility index (Phi) is 4.00. The minimum Gasteiger partial charge on any atom is -0.329 e. The summed E-state index contributed by atoms with van der Waals surface area (Å²) in [5, 5.41) is 0. The summed E-state index contributed by atoms with van der Waals surface area (Å²) in [7, 11) is 0. The number of aromatic amines is 1. The van der Waals surface area contributed by atoms with Crippen molar-refractivity contribution in [2.24, 2.45) is 0 Å². The van der Waals surface area contributed by atoms with Crippen LogP contribution in [0, 0.1) is 6.92 Å². The number of nitrogens with one attached hydrogen (secondary N) is 1. The number of H-pyrrole nitrogens is 1. The topological polar surface area (TPSA) is 36.1 Å². The lowest BCUT2D eigenvalue weighted by molar-refractivity contribution is 0.252. The molecule has 1 aromatic heterocycles. The quantitative estimate of drug-likeness (QED) is 0.869. The van der Waals surface area contributed by atoms with E-state index in [0.717, 1.165) is 5.56 Å². The van der Waals surface area contributed by atoms with E-state index >= 15 is 0 Å². The van der Waals surface area contributed by atoms with Gasteiger partial charge in [0.2, 0.25) is 5.56 Å². The number of pyridine rings is 1. The third-order valence-corrected chi connectivity index (χ3v) is 3.69. The molecule has 3 nitrogen and oxygen atoms in total. The molecule has 2 rings (SSSR count). The number of nitrogens with zero attached hydrogens (tertiary/aromatic N) is 1. The maximum Gasteiger partial charge on any atom is 0.248 e. The van der Waals surface area contributed by atoms with Crippen molar-refractivity contribution in [3.05, 3.63) is 33.7 Å². The molecule has 0 aromatic carbocycles. The second kappa shape index (κ2) is 5.50. The summed E-state index contributed by atoms with van der Waals surface area (Å²) in [5.74, 6) is 0. The number of rotatable bonds is 4. The number of likely N-dealkylation sites (tertiary alicyclic amines) is 1. The highest BCUT2D eigenvalue weighted by Gasteiger charge is 2.26. The maximum absolute atomic E-state index is 11.2. The molecule has 1 atom stereocenters. The minimum absolute atomic E-state index is 0.00403. The summed E-state index contributed by atoms with van der Waals surface area (Å²) in [6.07, 6.45) is 6.91. The van der Waals surface area contributed by atoms with Gasteiger partial charge in [0.15, 0.2) is 0 Å². The third-order valence-electron chi connectivity index (χ3n) is 3.69. The van der Waals surface area contributed by atoms with E-state index in [9.17, 15) is 4.79 Å². The van der Waals surface area contributed by atoms with Crippen molar-refractivity contribution in [1.82, 2.24) is 9.88 Å². The average molecular weight is 234 g/mol. The van der Waals surface area contributed by atoms with Gasteiger partial charge < -0.3 is 4.98 Å². The lowest BCUT2D eigenvalue weighted by Gasteiger charge is -2.25. The molecule has 0 bridgehead atoms. The van der Waals surface area contributed by atoms with E-state index in [0.29, 0.717) is 6.04 Å². The zero-order valence-corrected chi connectivity index (χ0v) is 10.8. The first-order valence-corrected chi connectivity index (χ1v) is 6.65. The van der Waals surface area contributed by atoms with Crippen LogP contribution in [0.1, 0.15) is 49.8 Å². The second-order valence-corrected chi connectivity index (χ2v) is 4.98. The normalized spacial score (nSPS) is 20.9. The predicted molar refractivity (Wildman–Crippen MR) is 70.3 cm³/mol. The Morgan fingerprint density at radius 3 is 3.06 bits per heavy atom. The van der Waals surface area contributed by atoms with E-state index < -0.39 is 0 Å². The molecular weight excluding hydrogens is 212 g/mol. The SMILES string of the molecule is CCCCN1CCC[C@@H]1c1c[nH]c(=O)cc1C. The zero-order chi connectivity index (χ0) is 12.3. The minimum atomic E-state index is 0.00403. The fourth-order valence-corrected chi connectivity index (χ4v) is 2.75. The van der Waals surface area contributed by atoms with Crippen LogP contribution in [0.2, 0.25) is 0 Å². The van der Waals surface area contributed by atoms with Gasteiger partial charge in [-0.3, -0.25) is 9.69 Å². The highest BCUT2D eigenvalue weighted by Crippen LogP contribution is 2.32. The number of hydrogen-bond donors (Lipinski definition) is 1. The van der Waals surface area contributed by atoms with Gasteiger partial charge in [0.25, 0.3) is 0 Å². The van der Waals surface area contributed by atoms with Crippen molar-refractivity contribution >= 4 is 0 Å². The molecule has 1 N–H and O–H groups in total. The van der Waals surface area contributed by atoms with Gasteiger partial charge in [-0.2, -0.15) is 0 Å². The highest BCUT2D eigenvalue weighted by molar-refractivity contribution is 5.26. The van der Waals surface area contributed by atoms with E-state index in [1.165, 1.54) is 44.3 Å². The van der Waals surface area contributed by atoms with E-state index in [1.807, 2.05) is 13.1 Å². The molecule has 0 radical (unpaired) electrons. The summed E-state index contributed by atoms with van der Waals surface area (Å²) in [6, 6.07) is 2.23. The van der Waals surface area contributed by atoms with Gasteiger partial charge in [-0.1, -0.05) is 13.3 Å². The average Bonchev–Trinajstić information content (AvgIpc) is 2.74. The molecule has 1 aromatic rings. The third kappa shape index (κ3) is 2.78. The first-order chi connectivity index (χ1) is 8.22. The molecule has 0 spiro atoms. The van der Waals surface area contributed by atoms with Crippen LogP contribution in [-0.4, -0.2) is 23.0 Å². The van der Waals surface area contributed by atoms with Crippen LogP contribution in [0.4, 0.5) is 0 Å². The van der Waals surface area contributed by atoms with E-state index in [4.69, 9.17) is 0 Å². The van der Waals surface area contributed by atoms with E-state index in [-0.39, 0.29) is 5.56 Å². The van der Waals surface area contributed by atoms with E-state index in [2.05, 4.69) is 16.8 Å². The molecule has 0 aliphatic carbocycles. The lowest BCUT2D eigenvalue weighted by Crippen LogP contribution is -2.25. The summed E-state index contributed by atoms with van der Waals surface area (Å²) < 4.78 is 0. The summed E-state index contributed by atoms with van der Waals surface area (Å²) in [4.78, 5) is 16.6. The van der Waals surface area contributed by atoms with Gasteiger partial charge >= 0.3 is 0 Å². The fraction of sp³-hybridized carbons (Fsp3) is 0.643. The van der Waals surface area contributed by atoms with Crippen molar-refractivity contribution in [2.45, 2.75) is 45.6 Å². The Balaban J connectivity index is 2.17. The van der Waals surface area contributed by atoms with Crippen LogP contribution >= 0.6 is 0 Å². The molecule has 1 aliphatic rings. The van der Waals surface area contributed by atoms with Crippen LogP contribution in [0.3, 0.4) is 0 Å². The lowest BCUT2D eigenvalue weighted by atomic mass is 10.0. The van der Waals surface area contributed by atoms with Crippen molar-refractivity contribution in [2.75, 3.05) is 13.1 Å². The molecule has 2 heterocycles. The van der Waals surface area contributed by atoms with Crippen LogP contribution in [0.5, 0.6) is 0 Å². The second-order valence-electron chi connectivity index (χ2n) is 4.98. The van der Waals surface area contributed by atoms with Crippen LogP contribution in [0.15, 0.2) is 17.1 Å². The Labute approximate surface area is 103 Å². The Bertz CT molecular complexity index is 424. The van der Waals surface area contributed by atoms with E-state index in [1.54, 1.807) is 6.07 Å². The van der Waals surface area contributed by atoms with Gasteiger partial charge in [0.05, 0.1) is 0 Å². The monoisotopic (exact) mass is 234 g/mol. The summed E-state index contributed by atoms with van der Waals surface area (Å²) in [6.45, 7) is 6.65. The Morgan fingerprint density at radius 1 is 1.53 bits per heavy atom. The van der Waals surface area contributed by atoms with Gasteiger partial charge in [0.1, 0.15) is 0 Å². The molecule has 3 heteroatoms. The zero-order valence-electron chi connectivity index (χ0n) is 10.8. The summed E-state index contributed by atoms with van der Waals surface area (Å²) in [5.41, 5.74) is 2.43. The molecule has 1 saturated heterocycles. The van der Waals surface area contributed by atoms with Crippen LogP contribution in [-0.2, 0) is 0 Å². The number of hydrogen-bond acceptors (Lipinski definition) is 2. The smallest absolute Gasteiger partial charge is 0.248 e. The Morgan fingerprint density at radius 2 is 2.35 bits per heavy atom. The molecule has 0 unspecified atom stereocenters. The summed E-state index contributed by atoms with van der Waals surface area (Å²) >= 11 is 0. The fourth-order valence-electron chi connectivity index (χ4n) is 2.75. The molecule has 1 fully saturated rings. The number of aryl methyl sites for hydroxylation is 1. The van der Waals surface area contributed by atoms with Gasteiger partial charge in [0, 0.05) is 18.3 Å². The van der Waals surface area contributed by atoms with Gasteiger partial charge in [-0.15, -0.1) is 0 Å². The van der Waals surface area contributed by atoms with Crippen molar-refractivity contribution in [1.29, 1.82) is 0 Å². The van der Waals surface area contributed by atoms with Gasteiger partial charge in [-0.05, 0) is 50.4 Å². The Hall–Kier alpha value is -1.09. The molecule has 0 amide bonds. The standard InChI is InChI=1S/C14H22N2O/c1-3-4-7-16-8-5-6-13(16)12-10-15-14(17)9-11(12)2/h9-10,13H,3-8H2,1-2H3,(H,15,17)/t13-/m1/s1. The largest absolute Gasteiger partial charge is 0.329 e. The molecule has 0 saturated carbocycles. The van der Waals surface area contributed by atoms with Crippen molar-refractivity contribution in [3.63, 3.8) is 0 Å². The number of aromatic nitrogens is 1. The first kappa shape index (κ1) is 12.4. The highest BCUT2D eigenvalue weighted by atomic mass is 16.1. The first-order valence-electron chi connectivity index (χ1n) is 6.65. The van der Waals surface area contributed by atoms with Crippen molar-refractivity contribution in [3.8, 4) is 0 Å². The molecule has 94 valence electrons. The number of unbranched alkanes of at least 4 members (excludes halogenated alkanes) is 1. The van der Waals surface area contributed by atoms with Crippen LogP contribution < -0.4 is 5.56 Å². The molecule has 1 aliphatic heterocycles. The van der Waals surface area contributed by atoms with Gasteiger partial charge in [-0.25, -0.2) is 0 Å². The molecular formula is C14H22N2O. The van der Waals surface area contributed by atoms with Crippen LogP contribution in [0.25, 0.3) is 0 Å². The molecule has 17 heavy (non-hydrogen) atoms. The van der Waals surface area contributed by atoms with Crippen molar-refractivity contribution < 1.29 is 0 Å². The maximum atomic E-state index is 11.2. The predicted octanol–water partition coefficient (Wildman–Crippen LogP) is 2.62.